The van der Waals surface area contributed by atoms with E-state index < -0.39 is 0 Å². The quantitative estimate of drug-likeness (QED) is 0.345. The van der Waals surface area contributed by atoms with E-state index in [1.807, 2.05) is 7.05 Å². The lowest BCUT2D eigenvalue weighted by Crippen LogP contribution is -2.46. The number of piperidine rings is 1. The van der Waals surface area contributed by atoms with Gasteiger partial charge in [0.1, 0.15) is 0 Å². The lowest BCUT2D eigenvalue weighted by molar-refractivity contribution is 0.147. The number of unbranched alkanes of at least 4 members (excludes halogenated alkanes) is 1. The van der Waals surface area contributed by atoms with Gasteiger partial charge in [0.15, 0.2) is 5.96 Å². The molecule has 0 aromatic carbocycles. The van der Waals surface area contributed by atoms with Crippen LogP contribution in [0.15, 0.2) is 4.99 Å². The highest BCUT2D eigenvalue weighted by Gasteiger charge is 2.19. The summed E-state index contributed by atoms with van der Waals surface area (Å²) in [6.45, 7) is 14.7. The molecule has 0 radical (unpaired) electrons. The standard InChI is InChI=1S/C19H41N5/c1-5-18-12-8-10-16-24(18)17-14-22-19(20-4)21-13-9-11-15-23(6-2)7-3/h18H,5-17H2,1-4H3,(H2,20,21,22). The number of hydrogen-bond donors (Lipinski definition) is 2. The van der Waals surface area contributed by atoms with Crippen LogP contribution in [-0.2, 0) is 0 Å². The SMILES string of the molecule is CCC1CCCCN1CCNC(=NC)NCCCCN(CC)CC. The predicted molar refractivity (Wildman–Crippen MR) is 106 cm³/mol. The monoisotopic (exact) mass is 339 g/mol. The Morgan fingerprint density at radius 2 is 1.83 bits per heavy atom. The first-order valence-electron chi connectivity index (χ1n) is 10.2. The summed E-state index contributed by atoms with van der Waals surface area (Å²) in [5.74, 6) is 0.947. The van der Waals surface area contributed by atoms with Crippen molar-refractivity contribution in [2.75, 3.05) is 52.9 Å². The maximum atomic E-state index is 4.34. The number of nitrogens with zero attached hydrogens (tertiary/aromatic N) is 3. The Hall–Kier alpha value is -0.810. The fraction of sp³-hybridized carbons (Fsp3) is 0.947. The Morgan fingerprint density at radius 1 is 1.08 bits per heavy atom. The first-order chi connectivity index (χ1) is 11.7. The highest BCUT2D eigenvalue weighted by atomic mass is 15.2. The highest BCUT2D eigenvalue weighted by molar-refractivity contribution is 5.79. The molecule has 5 heteroatoms. The van der Waals surface area contributed by atoms with Gasteiger partial charge in [0, 0.05) is 32.7 Å². The van der Waals surface area contributed by atoms with E-state index in [0.29, 0.717) is 0 Å². The van der Waals surface area contributed by atoms with Gasteiger partial charge in [0.2, 0.25) is 0 Å². The molecule has 24 heavy (non-hydrogen) atoms. The molecule has 142 valence electrons. The number of likely N-dealkylation sites (tertiary alicyclic amines) is 1. The predicted octanol–water partition coefficient (Wildman–Crippen LogP) is 2.54. The maximum absolute atomic E-state index is 4.34. The van der Waals surface area contributed by atoms with Crippen LogP contribution in [0.4, 0.5) is 0 Å². The largest absolute Gasteiger partial charge is 0.356 e. The molecule has 1 saturated heterocycles. The minimum atomic E-state index is 0.788. The van der Waals surface area contributed by atoms with Gasteiger partial charge in [0.05, 0.1) is 0 Å². The van der Waals surface area contributed by atoms with Gasteiger partial charge < -0.3 is 15.5 Å². The number of guanidine groups is 1. The van der Waals surface area contributed by atoms with Crippen LogP contribution < -0.4 is 10.6 Å². The van der Waals surface area contributed by atoms with E-state index in [1.54, 1.807) is 0 Å². The van der Waals surface area contributed by atoms with Crippen LogP contribution in [0.25, 0.3) is 0 Å². The zero-order valence-electron chi connectivity index (χ0n) is 16.6. The molecule has 2 N–H and O–H groups in total. The molecular weight excluding hydrogens is 298 g/mol. The second kappa shape index (κ2) is 13.5. The molecule has 1 unspecified atom stereocenters. The Labute approximate surface area is 150 Å². The third kappa shape index (κ3) is 8.34. The smallest absolute Gasteiger partial charge is 0.191 e. The minimum Gasteiger partial charge on any atom is -0.356 e. The molecule has 0 aromatic heterocycles. The minimum absolute atomic E-state index is 0.788. The topological polar surface area (TPSA) is 42.9 Å². The molecule has 0 aromatic rings. The molecule has 0 spiro atoms. The zero-order valence-corrected chi connectivity index (χ0v) is 16.6. The first-order valence-corrected chi connectivity index (χ1v) is 10.2. The second-order valence-corrected chi connectivity index (χ2v) is 6.75. The summed E-state index contributed by atoms with van der Waals surface area (Å²) in [5.41, 5.74) is 0. The molecule has 0 aliphatic carbocycles. The summed E-state index contributed by atoms with van der Waals surface area (Å²) in [7, 11) is 1.86. The van der Waals surface area contributed by atoms with Crippen LogP contribution in [0.3, 0.4) is 0 Å². The highest BCUT2D eigenvalue weighted by Crippen LogP contribution is 2.18. The van der Waals surface area contributed by atoms with E-state index in [1.165, 1.54) is 51.6 Å². The van der Waals surface area contributed by atoms with Crippen molar-refractivity contribution in [2.45, 2.75) is 65.3 Å². The average molecular weight is 340 g/mol. The molecule has 5 nitrogen and oxygen atoms in total. The van der Waals surface area contributed by atoms with E-state index >= 15 is 0 Å². The molecule has 0 amide bonds. The van der Waals surface area contributed by atoms with Crippen molar-refractivity contribution in [2.24, 2.45) is 4.99 Å². The van der Waals surface area contributed by atoms with Crippen LogP contribution in [0, 0.1) is 0 Å². The molecule has 1 heterocycles. The van der Waals surface area contributed by atoms with Gasteiger partial charge in [-0.3, -0.25) is 9.89 Å². The third-order valence-corrected chi connectivity index (χ3v) is 5.22. The molecule has 0 bridgehead atoms. The van der Waals surface area contributed by atoms with Crippen molar-refractivity contribution in [3.63, 3.8) is 0 Å². The van der Waals surface area contributed by atoms with Gasteiger partial charge in [-0.15, -0.1) is 0 Å². The number of nitrogens with one attached hydrogen (secondary N) is 2. The van der Waals surface area contributed by atoms with Gasteiger partial charge >= 0.3 is 0 Å². The summed E-state index contributed by atoms with van der Waals surface area (Å²) in [4.78, 5) is 9.47. The second-order valence-electron chi connectivity index (χ2n) is 6.75. The van der Waals surface area contributed by atoms with Crippen LogP contribution in [0.5, 0.6) is 0 Å². The van der Waals surface area contributed by atoms with Crippen molar-refractivity contribution < 1.29 is 0 Å². The van der Waals surface area contributed by atoms with E-state index in [2.05, 4.69) is 46.2 Å². The molecule has 1 atom stereocenters. The Bertz CT molecular complexity index is 328. The molecule has 1 aliphatic rings. The average Bonchev–Trinajstić information content (AvgIpc) is 2.63. The normalized spacial score (nSPS) is 19.7. The van der Waals surface area contributed by atoms with Gasteiger partial charge in [-0.25, -0.2) is 0 Å². The Morgan fingerprint density at radius 3 is 2.50 bits per heavy atom. The van der Waals surface area contributed by atoms with Gasteiger partial charge in [-0.1, -0.05) is 27.2 Å². The summed E-state index contributed by atoms with van der Waals surface area (Å²) < 4.78 is 0. The summed E-state index contributed by atoms with van der Waals surface area (Å²) in [6.07, 6.45) is 7.85. The fourth-order valence-electron chi connectivity index (χ4n) is 3.56. The molecule has 0 saturated carbocycles. The van der Waals surface area contributed by atoms with Gasteiger partial charge in [-0.2, -0.15) is 0 Å². The Kier molecular flexibility index (Phi) is 11.9. The van der Waals surface area contributed by atoms with Crippen molar-refractivity contribution in [3.05, 3.63) is 0 Å². The number of rotatable bonds is 11. The van der Waals surface area contributed by atoms with Crippen LogP contribution in [0.1, 0.15) is 59.3 Å². The van der Waals surface area contributed by atoms with Crippen LogP contribution in [0.2, 0.25) is 0 Å². The molecule has 1 fully saturated rings. The lowest BCUT2D eigenvalue weighted by atomic mass is 10.0. The fourth-order valence-corrected chi connectivity index (χ4v) is 3.56. The van der Waals surface area contributed by atoms with Crippen molar-refractivity contribution >= 4 is 5.96 Å². The lowest BCUT2D eigenvalue weighted by Gasteiger charge is -2.35. The van der Waals surface area contributed by atoms with E-state index in [-0.39, 0.29) is 0 Å². The van der Waals surface area contributed by atoms with Crippen molar-refractivity contribution in [1.82, 2.24) is 20.4 Å². The molecule has 1 aliphatic heterocycles. The number of hydrogen-bond acceptors (Lipinski definition) is 3. The number of aliphatic imine (C=N–C) groups is 1. The van der Waals surface area contributed by atoms with E-state index in [0.717, 1.165) is 44.7 Å². The Balaban J connectivity index is 2.12. The van der Waals surface area contributed by atoms with Gasteiger partial charge in [0.25, 0.3) is 0 Å². The zero-order chi connectivity index (χ0) is 17.6. The van der Waals surface area contributed by atoms with Gasteiger partial charge in [-0.05, 0) is 58.3 Å². The van der Waals surface area contributed by atoms with E-state index in [4.69, 9.17) is 0 Å². The first kappa shape index (κ1) is 21.2. The van der Waals surface area contributed by atoms with Crippen molar-refractivity contribution in [3.8, 4) is 0 Å². The molecule has 1 rings (SSSR count). The summed E-state index contributed by atoms with van der Waals surface area (Å²) in [6, 6.07) is 0.788. The summed E-state index contributed by atoms with van der Waals surface area (Å²) >= 11 is 0. The molecular formula is C19H41N5. The maximum Gasteiger partial charge on any atom is 0.191 e. The van der Waals surface area contributed by atoms with Crippen molar-refractivity contribution in [1.29, 1.82) is 0 Å². The van der Waals surface area contributed by atoms with Crippen LogP contribution >= 0.6 is 0 Å². The summed E-state index contributed by atoms with van der Waals surface area (Å²) in [5, 5.41) is 6.91. The van der Waals surface area contributed by atoms with Crippen LogP contribution in [-0.4, -0.2) is 74.7 Å². The van der Waals surface area contributed by atoms with E-state index in [9.17, 15) is 0 Å². The third-order valence-electron chi connectivity index (χ3n) is 5.22.